The van der Waals surface area contributed by atoms with E-state index in [2.05, 4.69) is 32.8 Å². The van der Waals surface area contributed by atoms with Crippen LogP contribution in [-0.2, 0) is 0 Å². The first-order chi connectivity index (χ1) is 11.3. The molecular formula is C20H44N4. The maximum atomic E-state index is 5.53. The predicted octanol–water partition coefficient (Wildman–Crippen LogP) is 5.22. The first-order valence-electron chi connectivity index (χ1n) is 10.2. The van der Waals surface area contributed by atoms with E-state index in [1.54, 1.807) is 0 Å². The second-order valence-electron chi connectivity index (χ2n) is 8.36. The van der Waals surface area contributed by atoms with E-state index in [4.69, 9.17) is 11.5 Å². The van der Waals surface area contributed by atoms with Gasteiger partial charge >= 0.3 is 0 Å². The average Bonchev–Trinajstić information content (AvgIpc) is 2.46. The van der Waals surface area contributed by atoms with Crippen LogP contribution in [0.1, 0.15) is 105 Å². The Morgan fingerprint density at radius 2 is 1.17 bits per heavy atom. The first-order valence-corrected chi connectivity index (χ1v) is 10.2. The summed E-state index contributed by atoms with van der Waals surface area (Å²) in [6.07, 6.45) is 16.4. The van der Waals surface area contributed by atoms with Gasteiger partial charge in [-0.05, 0) is 11.8 Å². The van der Waals surface area contributed by atoms with Crippen LogP contribution in [-0.4, -0.2) is 24.1 Å². The van der Waals surface area contributed by atoms with Crippen molar-refractivity contribution in [3.05, 3.63) is 0 Å². The van der Waals surface area contributed by atoms with E-state index in [-0.39, 0.29) is 11.4 Å². The van der Waals surface area contributed by atoms with Crippen LogP contribution < -0.4 is 11.5 Å². The molecule has 0 heterocycles. The van der Waals surface area contributed by atoms with Crippen LogP contribution in [0.5, 0.6) is 0 Å². The van der Waals surface area contributed by atoms with Crippen molar-refractivity contribution in [1.82, 2.24) is 5.01 Å². The number of rotatable bonds is 15. The Kier molecular flexibility index (Phi) is 13.9. The molecule has 0 unspecified atom stereocenters. The molecule has 0 aliphatic carbocycles. The highest BCUT2D eigenvalue weighted by Gasteiger charge is 2.15. The maximum Gasteiger partial charge on any atom is 0.208 e. The number of hydrogen-bond acceptors (Lipinski definition) is 2. The second kappa shape index (κ2) is 14.4. The molecule has 144 valence electrons. The van der Waals surface area contributed by atoms with Crippen molar-refractivity contribution in [2.75, 3.05) is 13.1 Å². The Balaban J connectivity index is 3.57. The lowest BCUT2D eigenvalue weighted by atomic mass is 9.96. The standard InChI is InChI=1S/C20H44N4/c1-5-6-7-8-9-10-11-12-13-14-15-16-17-24(23-19(21)22)18-20(2,3)4/h5-18H2,1-4H3,(H4,21,22,23). The lowest BCUT2D eigenvalue weighted by Crippen LogP contribution is -2.34. The normalized spacial score (nSPS) is 11.5. The summed E-state index contributed by atoms with van der Waals surface area (Å²) in [7, 11) is 0. The molecule has 0 aromatic heterocycles. The van der Waals surface area contributed by atoms with Gasteiger partial charge < -0.3 is 11.5 Å². The van der Waals surface area contributed by atoms with Crippen LogP contribution in [0.15, 0.2) is 5.10 Å². The summed E-state index contributed by atoms with van der Waals surface area (Å²) in [4.78, 5) is 0. The summed E-state index contributed by atoms with van der Waals surface area (Å²) in [6.45, 7) is 10.8. The third-order valence-corrected chi connectivity index (χ3v) is 4.18. The van der Waals surface area contributed by atoms with Crippen molar-refractivity contribution in [1.29, 1.82) is 0 Å². The molecule has 0 amide bonds. The van der Waals surface area contributed by atoms with Crippen LogP contribution in [0.4, 0.5) is 0 Å². The minimum Gasteiger partial charge on any atom is -0.369 e. The number of unbranched alkanes of at least 4 members (excludes halogenated alkanes) is 11. The zero-order valence-corrected chi connectivity index (χ0v) is 16.9. The molecule has 0 spiro atoms. The van der Waals surface area contributed by atoms with E-state index in [1.807, 2.05) is 5.01 Å². The van der Waals surface area contributed by atoms with Crippen molar-refractivity contribution < 1.29 is 0 Å². The third kappa shape index (κ3) is 17.4. The fourth-order valence-electron chi connectivity index (χ4n) is 3.01. The Morgan fingerprint density at radius 3 is 1.54 bits per heavy atom. The van der Waals surface area contributed by atoms with E-state index < -0.39 is 0 Å². The van der Waals surface area contributed by atoms with Gasteiger partial charge in [0.25, 0.3) is 0 Å². The van der Waals surface area contributed by atoms with Crippen LogP contribution in [0, 0.1) is 5.41 Å². The highest BCUT2D eigenvalue weighted by Crippen LogP contribution is 2.16. The van der Waals surface area contributed by atoms with Gasteiger partial charge in [0.05, 0.1) is 0 Å². The van der Waals surface area contributed by atoms with E-state index in [1.165, 1.54) is 77.0 Å². The molecule has 0 rings (SSSR count). The van der Waals surface area contributed by atoms with Gasteiger partial charge in [0.1, 0.15) is 0 Å². The molecule has 0 bridgehead atoms. The van der Waals surface area contributed by atoms with Crippen molar-refractivity contribution in [3.8, 4) is 0 Å². The van der Waals surface area contributed by atoms with Crippen molar-refractivity contribution in [2.24, 2.45) is 22.0 Å². The zero-order chi connectivity index (χ0) is 18.3. The summed E-state index contributed by atoms with van der Waals surface area (Å²) in [5.41, 5.74) is 11.3. The summed E-state index contributed by atoms with van der Waals surface area (Å²) < 4.78 is 0. The van der Waals surface area contributed by atoms with Crippen LogP contribution in [0.25, 0.3) is 0 Å². The molecular weight excluding hydrogens is 296 g/mol. The Bertz CT molecular complexity index is 303. The molecule has 0 atom stereocenters. The van der Waals surface area contributed by atoms with Gasteiger partial charge in [-0.1, -0.05) is 98.3 Å². The van der Waals surface area contributed by atoms with Crippen LogP contribution >= 0.6 is 0 Å². The van der Waals surface area contributed by atoms with E-state index in [0.717, 1.165) is 13.1 Å². The van der Waals surface area contributed by atoms with Gasteiger partial charge in [0.15, 0.2) is 0 Å². The summed E-state index contributed by atoms with van der Waals surface area (Å²) in [5, 5.41) is 6.29. The lowest BCUT2D eigenvalue weighted by molar-refractivity contribution is 0.194. The predicted molar refractivity (Wildman–Crippen MR) is 108 cm³/mol. The summed E-state index contributed by atoms with van der Waals surface area (Å²) >= 11 is 0. The highest BCUT2D eigenvalue weighted by atomic mass is 15.5. The van der Waals surface area contributed by atoms with Crippen LogP contribution in [0.2, 0.25) is 0 Å². The van der Waals surface area contributed by atoms with Gasteiger partial charge in [-0.2, -0.15) is 0 Å². The minimum absolute atomic E-state index is 0.165. The molecule has 0 saturated carbocycles. The zero-order valence-electron chi connectivity index (χ0n) is 16.9. The second-order valence-corrected chi connectivity index (χ2v) is 8.36. The first kappa shape index (κ1) is 23.1. The molecule has 0 aromatic rings. The van der Waals surface area contributed by atoms with Gasteiger partial charge in [0.2, 0.25) is 5.96 Å². The van der Waals surface area contributed by atoms with Crippen molar-refractivity contribution in [2.45, 2.75) is 105 Å². The molecule has 0 fully saturated rings. The Morgan fingerprint density at radius 1 is 0.750 bits per heavy atom. The summed E-state index contributed by atoms with van der Waals surface area (Å²) in [6, 6.07) is 0. The summed E-state index contributed by atoms with van der Waals surface area (Å²) in [5.74, 6) is 0.165. The number of guanidine groups is 1. The van der Waals surface area contributed by atoms with Crippen molar-refractivity contribution in [3.63, 3.8) is 0 Å². The Hall–Kier alpha value is -0.930. The largest absolute Gasteiger partial charge is 0.369 e. The number of hydrogen-bond donors (Lipinski definition) is 2. The topological polar surface area (TPSA) is 67.6 Å². The minimum atomic E-state index is 0.165. The maximum absolute atomic E-state index is 5.53. The number of nitrogens with zero attached hydrogens (tertiary/aromatic N) is 2. The van der Waals surface area contributed by atoms with E-state index in [0.29, 0.717) is 0 Å². The average molecular weight is 341 g/mol. The number of nitrogens with two attached hydrogens (primary N) is 2. The molecule has 4 heteroatoms. The van der Waals surface area contributed by atoms with E-state index in [9.17, 15) is 0 Å². The third-order valence-electron chi connectivity index (χ3n) is 4.18. The monoisotopic (exact) mass is 340 g/mol. The SMILES string of the molecule is CCCCCCCCCCCCCCN(CC(C)(C)C)N=C(N)N. The Labute approximate surface area is 151 Å². The molecule has 0 aliphatic rings. The highest BCUT2D eigenvalue weighted by molar-refractivity contribution is 5.75. The van der Waals surface area contributed by atoms with Gasteiger partial charge in [-0.25, -0.2) is 0 Å². The molecule has 0 aromatic carbocycles. The molecule has 24 heavy (non-hydrogen) atoms. The van der Waals surface area contributed by atoms with Crippen molar-refractivity contribution >= 4 is 5.96 Å². The molecule has 0 aliphatic heterocycles. The van der Waals surface area contributed by atoms with Gasteiger partial charge in [-0.15, -0.1) is 5.10 Å². The lowest BCUT2D eigenvalue weighted by Gasteiger charge is -2.27. The van der Waals surface area contributed by atoms with Gasteiger partial charge in [-0.3, -0.25) is 5.01 Å². The smallest absolute Gasteiger partial charge is 0.208 e. The molecule has 4 nitrogen and oxygen atoms in total. The molecule has 0 radical (unpaired) electrons. The van der Waals surface area contributed by atoms with Crippen LogP contribution in [0.3, 0.4) is 0 Å². The fraction of sp³-hybridized carbons (Fsp3) is 0.950. The molecule has 4 N–H and O–H groups in total. The number of hydrazone groups is 1. The van der Waals surface area contributed by atoms with Gasteiger partial charge in [0, 0.05) is 13.1 Å². The quantitative estimate of drug-likeness (QED) is 0.186. The fourth-order valence-corrected chi connectivity index (χ4v) is 3.01. The van der Waals surface area contributed by atoms with E-state index >= 15 is 0 Å². The molecule has 0 saturated heterocycles.